The molecule has 0 radical (unpaired) electrons. The van der Waals surface area contributed by atoms with Crippen molar-refractivity contribution in [3.8, 4) is 11.6 Å². The molecule has 0 saturated carbocycles. The monoisotopic (exact) mass is 369 g/mol. The third kappa shape index (κ3) is 3.26. The molecule has 94 valence electrons. The molecule has 0 N–H and O–H groups in total. The van der Waals surface area contributed by atoms with Crippen LogP contribution in [-0.2, 0) is 0 Å². The molecule has 0 spiro atoms. The van der Waals surface area contributed by atoms with E-state index in [-0.39, 0.29) is 26.8 Å². The van der Waals surface area contributed by atoms with Gasteiger partial charge in [0.15, 0.2) is 5.15 Å². The van der Waals surface area contributed by atoms with Crippen molar-refractivity contribution in [2.45, 2.75) is 0 Å². The molecular weight excluding hydrogens is 367 g/mol. The molecule has 0 aliphatic heterocycles. The first-order valence-corrected chi connectivity index (χ1v) is 6.54. The first-order chi connectivity index (χ1) is 8.45. The Balaban J connectivity index is 2.36. The highest BCUT2D eigenvalue weighted by Crippen LogP contribution is 2.34. The summed E-state index contributed by atoms with van der Waals surface area (Å²) in [6.45, 7) is 0. The van der Waals surface area contributed by atoms with Crippen molar-refractivity contribution in [3.63, 3.8) is 0 Å². The molecule has 0 atom stereocenters. The second-order valence-electron chi connectivity index (χ2n) is 3.26. The van der Waals surface area contributed by atoms with Crippen LogP contribution in [0.1, 0.15) is 0 Å². The summed E-state index contributed by atoms with van der Waals surface area (Å²) in [6, 6.07) is 5.48. The van der Waals surface area contributed by atoms with E-state index in [9.17, 15) is 4.39 Å². The Morgan fingerprint density at radius 3 is 2.44 bits per heavy atom. The van der Waals surface area contributed by atoms with Gasteiger partial charge in [-0.05, 0) is 18.2 Å². The molecule has 2 rings (SSSR count). The number of benzene rings is 1. The molecular formula is C11H4BrCl3FNO. The van der Waals surface area contributed by atoms with E-state index in [4.69, 9.17) is 39.5 Å². The van der Waals surface area contributed by atoms with Crippen LogP contribution in [-0.4, -0.2) is 4.98 Å². The van der Waals surface area contributed by atoms with Gasteiger partial charge in [-0.2, -0.15) is 4.98 Å². The Morgan fingerprint density at radius 2 is 1.78 bits per heavy atom. The van der Waals surface area contributed by atoms with Crippen LogP contribution in [0, 0.1) is 5.82 Å². The fourth-order valence-electron chi connectivity index (χ4n) is 1.20. The lowest BCUT2D eigenvalue weighted by Gasteiger charge is -2.08. The van der Waals surface area contributed by atoms with E-state index in [1.807, 2.05) is 0 Å². The van der Waals surface area contributed by atoms with Gasteiger partial charge in [0, 0.05) is 10.5 Å². The van der Waals surface area contributed by atoms with Crippen LogP contribution in [0.3, 0.4) is 0 Å². The number of pyridine rings is 1. The van der Waals surface area contributed by atoms with Crippen LogP contribution in [0.4, 0.5) is 4.39 Å². The topological polar surface area (TPSA) is 22.1 Å². The molecule has 0 amide bonds. The summed E-state index contributed by atoms with van der Waals surface area (Å²) < 4.78 is 19.1. The normalized spacial score (nSPS) is 10.5. The van der Waals surface area contributed by atoms with Gasteiger partial charge in [-0.15, -0.1) is 0 Å². The molecule has 2 aromatic rings. The molecule has 0 aliphatic carbocycles. The predicted octanol–water partition coefficient (Wildman–Crippen LogP) is 5.74. The van der Waals surface area contributed by atoms with Crippen LogP contribution < -0.4 is 4.74 Å². The lowest BCUT2D eigenvalue weighted by atomic mass is 10.3. The minimum Gasteiger partial charge on any atom is -0.437 e. The van der Waals surface area contributed by atoms with Crippen LogP contribution >= 0.6 is 50.7 Å². The van der Waals surface area contributed by atoms with Gasteiger partial charge in [-0.3, -0.25) is 0 Å². The summed E-state index contributed by atoms with van der Waals surface area (Å²) in [7, 11) is 0. The SMILES string of the molecule is Fc1cc(Br)cc(Oc2nc(Cl)c(Cl)cc2Cl)c1. The van der Waals surface area contributed by atoms with Crippen LogP contribution in [0.25, 0.3) is 0 Å². The Bertz CT molecular complexity index is 589. The molecule has 0 saturated heterocycles. The summed E-state index contributed by atoms with van der Waals surface area (Å²) in [5.74, 6) is -0.145. The molecule has 0 bridgehead atoms. The summed E-state index contributed by atoms with van der Waals surface area (Å²) in [5.41, 5.74) is 0. The summed E-state index contributed by atoms with van der Waals surface area (Å²) in [6.07, 6.45) is 0. The molecule has 7 heteroatoms. The Hall–Kier alpha value is -0.550. The number of aromatic nitrogens is 1. The Labute approximate surface area is 126 Å². The molecule has 0 aliphatic rings. The smallest absolute Gasteiger partial charge is 0.239 e. The molecule has 18 heavy (non-hydrogen) atoms. The summed E-state index contributed by atoms with van der Waals surface area (Å²) in [5, 5.41) is 0.464. The zero-order valence-corrected chi connectivity index (χ0v) is 12.4. The second-order valence-corrected chi connectivity index (χ2v) is 5.34. The molecule has 1 aromatic carbocycles. The number of hydrogen-bond donors (Lipinski definition) is 0. The van der Waals surface area contributed by atoms with Crippen LogP contribution in [0.5, 0.6) is 11.6 Å². The average Bonchev–Trinajstić information content (AvgIpc) is 2.24. The van der Waals surface area contributed by atoms with E-state index in [1.165, 1.54) is 18.2 Å². The quantitative estimate of drug-likeness (QED) is 0.629. The number of ether oxygens (including phenoxy) is 1. The molecule has 0 unspecified atom stereocenters. The maximum absolute atomic E-state index is 13.2. The highest BCUT2D eigenvalue weighted by molar-refractivity contribution is 9.10. The van der Waals surface area contributed by atoms with Crippen LogP contribution in [0.2, 0.25) is 15.2 Å². The molecule has 1 aromatic heterocycles. The molecule has 1 heterocycles. The van der Waals surface area contributed by atoms with E-state index in [0.29, 0.717) is 4.47 Å². The third-order valence-electron chi connectivity index (χ3n) is 1.91. The highest BCUT2D eigenvalue weighted by atomic mass is 79.9. The first-order valence-electron chi connectivity index (χ1n) is 4.61. The van der Waals surface area contributed by atoms with Gasteiger partial charge in [0.25, 0.3) is 0 Å². The number of hydrogen-bond acceptors (Lipinski definition) is 2. The summed E-state index contributed by atoms with van der Waals surface area (Å²) in [4.78, 5) is 3.87. The third-order valence-corrected chi connectivity index (χ3v) is 3.31. The van der Waals surface area contributed by atoms with Gasteiger partial charge in [-0.25, -0.2) is 4.39 Å². The maximum atomic E-state index is 13.2. The minimum absolute atomic E-state index is 0.0589. The zero-order valence-electron chi connectivity index (χ0n) is 8.55. The fraction of sp³-hybridized carbons (Fsp3) is 0. The number of nitrogens with zero attached hydrogens (tertiary/aromatic N) is 1. The lowest BCUT2D eigenvalue weighted by Crippen LogP contribution is -1.91. The highest BCUT2D eigenvalue weighted by Gasteiger charge is 2.11. The Morgan fingerprint density at radius 1 is 1.06 bits per heavy atom. The van der Waals surface area contributed by atoms with Gasteiger partial charge in [0.05, 0.1) is 5.02 Å². The van der Waals surface area contributed by atoms with Crippen molar-refractivity contribution in [1.29, 1.82) is 0 Å². The minimum atomic E-state index is -0.449. The first kappa shape index (κ1) is 13.9. The van der Waals surface area contributed by atoms with Crippen molar-refractivity contribution >= 4 is 50.7 Å². The van der Waals surface area contributed by atoms with Gasteiger partial charge < -0.3 is 4.74 Å². The molecule has 2 nitrogen and oxygen atoms in total. The number of halogens is 5. The largest absolute Gasteiger partial charge is 0.437 e. The van der Waals surface area contributed by atoms with Crippen molar-refractivity contribution in [1.82, 2.24) is 4.98 Å². The van der Waals surface area contributed by atoms with Gasteiger partial charge >= 0.3 is 0 Å². The van der Waals surface area contributed by atoms with Crippen molar-refractivity contribution < 1.29 is 9.13 Å². The van der Waals surface area contributed by atoms with E-state index in [1.54, 1.807) is 6.07 Å². The number of rotatable bonds is 2. The van der Waals surface area contributed by atoms with Gasteiger partial charge in [0.2, 0.25) is 5.88 Å². The van der Waals surface area contributed by atoms with Crippen molar-refractivity contribution in [2.24, 2.45) is 0 Å². The van der Waals surface area contributed by atoms with Gasteiger partial charge in [0.1, 0.15) is 16.6 Å². The van der Waals surface area contributed by atoms with Crippen LogP contribution in [0.15, 0.2) is 28.7 Å². The van der Waals surface area contributed by atoms with Crippen molar-refractivity contribution in [3.05, 3.63) is 49.8 Å². The van der Waals surface area contributed by atoms with Gasteiger partial charge in [-0.1, -0.05) is 50.7 Å². The van der Waals surface area contributed by atoms with Crippen molar-refractivity contribution in [2.75, 3.05) is 0 Å². The predicted molar refractivity (Wildman–Crippen MR) is 73.4 cm³/mol. The maximum Gasteiger partial charge on any atom is 0.239 e. The Kier molecular flexibility index (Phi) is 4.33. The van der Waals surface area contributed by atoms with E-state index < -0.39 is 5.82 Å². The fourth-order valence-corrected chi connectivity index (χ4v) is 2.17. The lowest BCUT2D eigenvalue weighted by molar-refractivity contribution is 0.458. The average molecular weight is 371 g/mol. The zero-order chi connectivity index (χ0) is 13.3. The van der Waals surface area contributed by atoms with E-state index in [2.05, 4.69) is 20.9 Å². The molecule has 0 fully saturated rings. The standard InChI is InChI=1S/C11H4BrCl3FNO/c12-5-1-6(16)3-7(2-5)18-11-9(14)4-8(13)10(15)17-11/h1-4H. The second kappa shape index (κ2) is 5.61. The van der Waals surface area contributed by atoms with E-state index >= 15 is 0 Å². The van der Waals surface area contributed by atoms with E-state index in [0.717, 1.165) is 0 Å². The summed E-state index contributed by atoms with van der Waals surface area (Å²) >= 11 is 20.5.